The number of rotatable bonds is 5. The lowest BCUT2D eigenvalue weighted by Crippen LogP contribution is -2.10. The van der Waals surface area contributed by atoms with Crippen LogP contribution in [-0.2, 0) is 0 Å². The zero-order valence-electron chi connectivity index (χ0n) is 22.2. The average molecular weight is 527 g/mol. The predicted octanol–water partition coefficient (Wildman–Crippen LogP) is 6.35. The fourth-order valence-electron chi connectivity index (χ4n) is 4.55. The first-order valence-electron chi connectivity index (χ1n) is 12.4. The molecule has 2 aliphatic carbocycles. The fourth-order valence-corrected chi connectivity index (χ4v) is 4.55. The molecule has 0 atom stereocenters. The molecule has 0 radical (unpaired) electrons. The summed E-state index contributed by atoms with van der Waals surface area (Å²) in [5.74, 6) is 0.415. The van der Waals surface area contributed by atoms with Crippen molar-refractivity contribution in [2.75, 3.05) is 0 Å². The Morgan fingerprint density at radius 2 is 0.975 bits per heavy atom. The summed E-state index contributed by atoms with van der Waals surface area (Å²) in [6, 6.07) is 20.8. The van der Waals surface area contributed by atoms with Crippen LogP contribution in [0.5, 0.6) is 0 Å². The standard InChI is InChI=1S/C32H22N4O4/c1-17(2)19-7-5-9-25-23(11-19)29(31(37)39-25)27(21(13-33)14-34)28(22(15-35)16-36)30-24-12-20(18(3)4)8-6-10-26(24)40-32(30)38/h5-12,17-18H,1-4H3. The monoisotopic (exact) mass is 526 g/mol. The van der Waals surface area contributed by atoms with Gasteiger partial charge in [0.2, 0.25) is 0 Å². The molecule has 40 heavy (non-hydrogen) atoms. The van der Waals surface area contributed by atoms with E-state index in [4.69, 9.17) is 8.83 Å². The van der Waals surface area contributed by atoms with Gasteiger partial charge in [-0.15, -0.1) is 0 Å². The molecule has 4 rings (SSSR count). The van der Waals surface area contributed by atoms with Gasteiger partial charge in [0.15, 0.2) is 0 Å². The Bertz CT molecular complexity index is 1770. The second-order valence-electron chi connectivity index (χ2n) is 9.68. The fraction of sp³-hybridized carbons (Fsp3) is 0.188. The zero-order valence-corrected chi connectivity index (χ0v) is 22.2. The highest BCUT2D eigenvalue weighted by Gasteiger charge is 2.33. The molecule has 0 aromatic rings. The zero-order chi connectivity index (χ0) is 29.1. The van der Waals surface area contributed by atoms with Gasteiger partial charge in [-0.05, 0) is 47.2 Å². The minimum Gasteiger partial charge on any atom is -0.422 e. The van der Waals surface area contributed by atoms with E-state index in [-0.39, 0.29) is 56.8 Å². The normalized spacial score (nSPS) is 10.6. The maximum atomic E-state index is 13.4. The summed E-state index contributed by atoms with van der Waals surface area (Å²) in [5, 5.41) is 40.0. The van der Waals surface area contributed by atoms with E-state index in [9.17, 15) is 30.6 Å². The third kappa shape index (κ3) is 4.67. The van der Waals surface area contributed by atoms with Crippen molar-refractivity contribution >= 4 is 11.1 Å². The summed E-state index contributed by atoms with van der Waals surface area (Å²) in [7, 11) is 0. The molecular weight excluding hydrogens is 504 g/mol. The van der Waals surface area contributed by atoms with Crippen molar-refractivity contribution in [2.45, 2.75) is 39.5 Å². The van der Waals surface area contributed by atoms with Crippen molar-refractivity contribution in [3.8, 4) is 46.9 Å². The van der Waals surface area contributed by atoms with Gasteiger partial charge in [-0.1, -0.05) is 52.0 Å². The Morgan fingerprint density at radius 3 is 1.27 bits per heavy atom. The van der Waals surface area contributed by atoms with Crippen molar-refractivity contribution in [1.29, 1.82) is 21.0 Å². The highest BCUT2D eigenvalue weighted by molar-refractivity contribution is 6.14. The second kappa shape index (κ2) is 11.0. The number of furan rings is 2. The summed E-state index contributed by atoms with van der Waals surface area (Å²) < 4.78 is 11.0. The molecule has 0 amide bonds. The molecular formula is C32H22N4O4. The van der Waals surface area contributed by atoms with E-state index in [2.05, 4.69) is 0 Å². The van der Waals surface area contributed by atoms with Gasteiger partial charge in [-0.25, -0.2) is 9.59 Å². The highest BCUT2D eigenvalue weighted by Crippen LogP contribution is 2.43. The maximum Gasteiger partial charge on any atom is 0.345 e. The van der Waals surface area contributed by atoms with E-state index in [1.165, 1.54) is 0 Å². The van der Waals surface area contributed by atoms with Crippen LogP contribution in [0.4, 0.5) is 0 Å². The summed E-state index contributed by atoms with van der Waals surface area (Å²) in [4.78, 5) is 26.8. The van der Waals surface area contributed by atoms with Gasteiger partial charge in [0, 0.05) is 22.3 Å². The SMILES string of the molecule is CC(C)c1cccc2oc(=O)c(C(=C(C#N)C#N)C(=C(C#N)C#N)c3c4cc(C(C)C)cccc-4oc3=O)c-2c1. The minimum atomic E-state index is -0.893. The van der Waals surface area contributed by atoms with E-state index in [1.54, 1.807) is 60.7 Å². The molecule has 0 fully saturated rings. The Balaban J connectivity index is 2.26. The first kappa shape index (κ1) is 27.3. The van der Waals surface area contributed by atoms with Crippen molar-refractivity contribution in [3.63, 3.8) is 0 Å². The largest absolute Gasteiger partial charge is 0.422 e. The Labute approximate surface area is 230 Å². The quantitative estimate of drug-likeness (QED) is 0.215. The molecule has 4 aliphatic rings. The van der Waals surface area contributed by atoms with Crippen LogP contribution < -0.4 is 11.3 Å². The topological polar surface area (TPSA) is 156 Å². The van der Waals surface area contributed by atoms with Gasteiger partial charge in [0.1, 0.15) is 46.9 Å². The molecule has 0 aromatic heterocycles. The third-order valence-corrected chi connectivity index (χ3v) is 6.61. The van der Waals surface area contributed by atoms with Crippen LogP contribution in [0, 0.1) is 45.3 Å². The van der Waals surface area contributed by atoms with Gasteiger partial charge in [0.05, 0.1) is 11.1 Å². The molecule has 2 aliphatic heterocycles. The van der Waals surface area contributed by atoms with Crippen LogP contribution in [0.2, 0.25) is 0 Å². The molecule has 0 unspecified atom stereocenters. The second-order valence-corrected chi connectivity index (χ2v) is 9.68. The molecule has 8 heteroatoms. The van der Waals surface area contributed by atoms with Gasteiger partial charge in [-0.3, -0.25) is 0 Å². The number of allylic oxidation sites excluding steroid dienone is 4. The summed E-state index contributed by atoms with van der Waals surface area (Å²) in [5.41, 5.74) is -1.86. The smallest absolute Gasteiger partial charge is 0.345 e. The van der Waals surface area contributed by atoms with Gasteiger partial charge < -0.3 is 8.83 Å². The van der Waals surface area contributed by atoms with E-state index in [0.717, 1.165) is 11.1 Å². The van der Waals surface area contributed by atoms with Crippen LogP contribution in [0.1, 0.15) is 61.8 Å². The Morgan fingerprint density at radius 1 is 0.625 bits per heavy atom. The number of nitrogens with zero attached hydrogens (tertiary/aromatic N) is 4. The lowest BCUT2D eigenvalue weighted by atomic mass is 9.84. The first-order chi connectivity index (χ1) is 19.2. The van der Waals surface area contributed by atoms with Crippen LogP contribution in [-0.4, -0.2) is 0 Å². The molecule has 194 valence electrons. The van der Waals surface area contributed by atoms with Gasteiger partial charge in [-0.2, -0.15) is 21.0 Å². The van der Waals surface area contributed by atoms with Gasteiger partial charge in [0.25, 0.3) is 0 Å². The Kier molecular flexibility index (Phi) is 7.49. The lowest BCUT2D eigenvalue weighted by Gasteiger charge is -2.12. The molecule has 0 saturated heterocycles. The lowest BCUT2D eigenvalue weighted by molar-refractivity contribution is 0.543. The van der Waals surface area contributed by atoms with Crippen molar-refractivity contribution < 1.29 is 8.83 Å². The van der Waals surface area contributed by atoms with Crippen molar-refractivity contribution in [2.24, 2.45) is 0 Å². The van der Waals surface area contributed by atoms with E-state index in [0.29, 0.717) is 0 Å². The summed E-state index contributed by atoms with van der Waals surface area (Å²) in [6.45, 7) is 7.81. The van der Waals surface area contributed by atoms with Crippen LogP contribution >= 0.6 is 0 Å². The van der Waals surface area contributed by atoms with Crippen LogP contribution in [0.3, 0.4) is 0 Å². The molecule has 8 nitrogen and oxygen atoms in total. The Hall–Kier alpha value is -5.70. The molecule has 0 bridgehead atoms. The van der Waals surface area contributed by atoms with Crippen molar-refractivity contribution in [1.82, 2.24) is 0 Å². The molecule has 0 N–H and O–H groups in total. The summed E-state index contributed by atoms with van der Waals surface area (Å²) >= 11 is 0. The number of hydrogen-bond donors (Lipinski definition) is 0. The number of fused-ring (bicyclic) bond motifs is 2. The highest BCUT2D eigenvalue weighted by atomic mass is 16.4. The number of hydrogen-bond acceptors (Lipinski definition) is 8. The van der Waals surface area contributed by atoms with E-state index < -0.39 is 22.4 Å². The van der Waals surface area contributed by atoms with Crippen molar-refractivity contribution in [3.05, 3.63) is 103 Å². The summed E-state index contributed by atoms with van der Waals surface area (Å²) in [6.07, 6.45) is 0. The maximum absolute atomic E-state index is 13.4. The first-order valence-corrected chi connectivity index (χ1v) is 12.4. The van der Waals surface area contributed by atoms with Gasteiger partial charge >= 0.3 is 11.3 Å². The van der Waals surface area contributed by atoms with Crippen LogP contribution in [0.15, 0.2) is 78.1 Å². The predicted molar refractivity (Wildman–Crippen MR) is 148 cm³/mol. The van der Waals surface area contributed by atoms with Crippen LogP contribution in [0.25, 0.3) is 33.8 Å². The average Bonchev–Trinajstić information content (AvgIpc) is 3.17. The molecule has 0 saturated carbocycles. The minimum absolute atomic E-state index is 0.0385. The van der Waals surface area contributed by atoms with E-state index >= 15 is 0 Å². The number of nitriles is 4. The third-order valence-electron chi connectivity index (χ3n) is 6.61. The van der Waals surface area contributed by atoms with E-state index in [1.807, 2.05) is 39.8 Å². The molecule has 2 heterocycles. The molecule has 0 spiro atoms. The molecule has 0 aromatic carbocycles.